The first-order valence-corrected chi connectivity index (χ1v) is 15.0. The Bertz CT molecular complexity index is 1410. The van der Waals surface area contributed by atoms with Crippen molar-refractivity contribution in [3.05, 3.63) is 83.9 Å². The smallest absolute Gasteiger partial charge is 0.251 e. The topological polar surface area (TPSA) is 96.1 Å². The molecule has 1 saturated carbocycles. The highest BCUT2D eigenvalue weighted by molar-refractivity contribution is 5.97. The van der Waals surface area contributed by atoms with Gasteiger partial charge in [0, 0.05) is 35.9 Å². The number of benzene rings is 3. The predicted octanol–water partition coefficient (Wildman–Crippen LogP) is 7.26. The number of imidazole rings is 1. The Labute approximate surface area is 242 Å². The zero-order valence-electron chi connectivity index (χ0n) is 23.7. The van der Waals surface area contributed by atoms with Crippen molar-refractivity contribution in [3.8, 4) is 11.4 Å². The minimum absolute atomic E-state index is 0.0921. The summed E-state index contributed by atoms with van der Waals surface area (Å²) in [6.45, 7) is 1.99. The van der Waals surface area contributed by atoms with E-state index < -0.39 is 0 Å². The first kappa shape index (κ1) is 28.6. The number of ether oxygens (including phenoxy) is 1. The molecule has 41 heavy (non-hydrogen) atoms. The Kier molecular flexibility index (Phi) is 10.2. The number of nitrogens with one attached hydrogen (secondary N) is 3. The van der Waals surface area contributed by atoms with Gasteiger partial charge in [0.2, 0.25) is 5.91 Å². The molecule has 214 valence electrons. The molecule has 0 spiro atoms. The van der Waals surface area contributed by atoms with Crippen molar-refractivity contribution >= 4 is 28.5 Å². The van der Waals surface area contributed by atoms with E-state index >= 15 is 0 Å². The average molecular weight is 553 g/mol. The quantitative estimate of drug-likeness (QED) is 0.127. The van der Waals surface area contributed by atoms with Gasteiger partial charge in [0.15, 0.2) is 0 Å². The van der Waals surface area contributed by atoms with Crippen LogP contribution in [0.15, 0.2) is 72.8 Å². The summed E-state index contributed by atoms with van der Waals surface area (Å²) in [7, 11) is 0. The first-order valence-electron chi connectivity index (χ1n) is 15.0. The van der Waals surface area contributed by atoms with Crippen LogP contribution in [0.4, 0.5) is 5.69 Å². The molecule has 0 saturated heterocycles. The van der Waals surface area contributed by atoms with Gasteiger partial charge in [0.05, 0.1) is 17.6 Å². The Hall–Kier alpha value is -3.97. The molecule has 0 aliphatic heterocycles. The van der Waals surface area contributed by atoms with Gasteiger partial charge in [-0.05, 0) is 80.1 Å². The van der Waals surface area contributed by atoms with Crippen LogP contribution in [0.1, 0.15) is 73.7 Å². The second-order valence-corrected chi connectivity index (χ2v) is 10.9. The molecule has 1 fully saturated rings. The minimum atomic E-state index is -0.0921. The number of aromatic nitrogens is 2. The number of carbonyl (C=O) groups excluding carboxylic acids is 2. The zero-order chi connectivity index (χ0) is 28.3. The maximum Gasteiger partial charge on any atom is 0.251 e. The Balaban J connectivity index is 1.07. The van der Waals surface area contributed by atoms with Crippen LogP contribution in [0.5, 0.6) is 0 Å². The SMILES string of the molecule is O=C(NCCCCCOCc1ccccc1)c1ccc2[nH]c(-c3ccc(NC(=O)C4CCCCCC4)cc3)nc2c1. The Morgan fingerprint density at radius 3 is 2.44 bits per heavy atom. The molecule has 4 aromatic rings. The predicted molar refractivity (Wildman–Crippen MR) is 164 cm³/mol. The number of amides is 2. The van der Waals surface area contributed by atoms with E-state index in [-0.39, 0.29) is 17.7 Å². The van der Waals surface area contributed by atoms with Gasteiger partial charge in [-0.1, -0.05) is 56.0 Å². The van der Waals surface area contributed by atoms with Gasteiger partial charge >= 0.3 is 0 Å². The number of H-pyrrole nitrogens is 1. The summed E-state index contributed by atoms with van der Waals surface area (Å²) in [5.74, 6) is 0.880. The highest BCUT2D eigenvalue weighted by Crippen LogP contribution is 2.26. The summed E-state index contributed by atoms with van der Waals surface area (Å²) in [4.78, 5) is 33.5. The van der Waals surface area contributed by atoms with Crippen LogP contribution in [0.3, 0.4) is 0 Å². The molecule has 0 bridgehead atoms. The summed E-state index contributed by atoms with van der Waals surface area (Å²) < 4.78 is 5.73. The summed E-state index contributed by atoms with van der Waals surface area (Å²) >= 11 is 0. The van der Waals surface area contributed by atoms with Crippen LogP contribution >= 0.6 is 0 Å². The molecular weight excluding hydrogens is 512 g/mol. The molecule has 3 N–H and O–H groups in total. The third kappa shape index (κ3) is 8.27. The van der Waals surface area contributed by atoms with Crippen molar-refractivity contribution in [1.29, 1.82) is 0 Å². The number of hydrogen-bond donors (Lipinski definition) is 3. The van der Waals surface area contributed by atoms with E-state index in [1.165, 1.54) is 18.4 Å². The Morgan fingerprint density at radius 1 is 0.878 bits per heavy atom. The standard InChI is InChI=1S/C34H40N4O3/c39-33(35-21-9-4-10-22-41-24-25-11-5-3-6-12-25)28-17-20-30-31(23-28)38-32(37-30)26-15-18-29(19-16-26)36-34(40)27-13-7-1-2-8-14-27/h3,5-6,11-12,15-20,23,27H,1-2,4,7-10,13-14,21-22,24H2,(H,35,39)(H,36,40)(H,37,38). The summed E-state index contributed by atoms with van der Waals surface area (Å²) in [6, 6.07) is 23.5. The number of rotatable bonds is 12. The number of anilines is 1. The second-order valence-electron chi connectivity index (χ2n) is 10.9. The van der Waals surface area contributed by atoms with Crippen LogP contribution in [-0.4, -0.2) is 34.9 Å². The van der Waals surface area contributed by atoms with Gasteiger partial charge in [-0.25, -0.2) is 4.98 Å². The number of aromatic amines is 1. The molecule has 5 rings (SSSR count). The number of nitrogens with zero attached hydrogens (tertiary/aromatic N) is 1. The molecule has 1 heterocycles. The fraction of sp³-hybridized carbons (Fsp3) is 0.382. The van der Waals surface area contributed by atoms with Crippen LogP contribution < -0.4 is 10.6 Å². The van der Waals surface area contributed by atoms with Crippen molar-refractivity contribution in [2.24, 2.45) is 5.92 Å². The van der Waals surface area contributed by atoms with Crippen molar-refractivity contribution in [1.82, 2.24) is 15.3 Å². The van der Waals surface area contributed by atoms with E-state index in [1.807, 2.05) is 60.7 Å². The molecule has 0 atom stereocenters. The fourth-order valence-corrected chi connectivity index (χ4v) is 5.36. The molecule has 1 aliphatic carbocycles. The maximum atomic E-state index is 12.7. The van der Waals surface area contributed by atoms with Gasteiger partial charge in [-0.3, -0.25) is 9.59 Å². The van der Waals surface area contributed by atoms with E-state index in [0.29, 0.717) is 18.7 Å². The van der Waals surface area contributed by atoms with Crippen LogP contribution in [-0.2, 0) is 16.1 Å². The van der Waals surface area contributed by atoms with E-state index in [4.69, 9.17) is 9.72 Å². The average Bonchev–Trinajstić information content (AvgIpc) is 3.23. The largest absolute Gasteiger partial charge is 0.377 e. The van der Waals surface area contributed by atoms with Crippen LogP contribution in [0.25, 0.3) is 22.4 Å². The highest BCUT2D eigenvalue weighted by Gasteiger charge is 2.20. The second kappa shape index (κ2) is 14.6. The van der Waals surface area contributed by atoms with Gasteiger partial charge in [0.1, 0.15) is 5.82 Å². The number of hydrogen-bond acceptors (Lipinski definition) is 4. The van der Waals surface area contributed by atoms with E-state index in [2.05, 4.69) is 27.8 Å². The van der Waals surface area contributed by atoms with Gasteiger partial charge in [0.25, 0.3) is 5.91 Å². The zero-order valence-corrected chi connectivity index (χ0v) is 23.7. The molecule has 7 heteroatoms. The fourth-order valence-electron chi connectivity index (χ4n) is 5.36. The molecular formula is C34H40N4O3. The molecule has 2 amide bonds. The number of unbranched alkanes of at least 4 members (excludes halogenated alkanes) is 2. The van der Waals surface area contributed by atoms with Gasteiger partial charge < -0.3 is 20.4 Å². The number of fused-ring (bicyclic) bond motifs is 1. The Morgan fingerprint density at radius 2 is 1.66 bits per heavy atom. The van der Waals surface area contributed by atoms with Gasteiger partial charge in [-0.15, -0.1) is 0 Å². The van der Waals surface area contributed by atoms with Crippen molar-refractivity contribution in [2.75, 3.05) is 18.5 Å². The number of carbonyl (C=O) groups is 2. The third-order valence-corrected chi connectivity index (χ3v) is 7.76. The maximum absolute atomic E-state index is 12.7. The third-order valence-electron chi connectivity index (χ3n) is 7.76. The van der Waals surface area contributed by atoms with E-state index in [1.54, 1.807) is 0 Å². The molecule has 0 radical (unpaired) electrons. The molecule has 1 aromatic heterocycles. The lowest BCUT2D eigenvalue weighted by Crippen LogP contribution is -2.24. The molecule has 7 nitrogen and oxygen atoms in total. The molecule has 3 aromatic carbocycles. The van der Waals surface area contributed by atoms with Gasteiger partial charge in [-0.2, -0.15) is 0 Å². The summed E-state index contributed by atoms with van der Waals surface area (Å²) in [5.41, 5.74) is 5.12. The summed E-state index contributed by atoms with van der Waals surface area (Å²) in [5, 5.41) is 6.10. The van der Waals surface area contributed by atoms with Crippen molar-refractivity contribution in [3.63, 3.8) is 0 Å². The monoisotopic (exact) mass is 552 g/mol. The highest BCUT2D eigenvalue weighted by atomic mass is 16.5. The van der Waals surface area contributed by atoms with E-state index in [9.17, 15) is 9.59 Å². The lowest BCUT2D eigenvalue weighted by Gasteiger charge is -2.14. The molecule has 0 unspecified atom stereocenters. The lowest BCUT2D eigenvalue weighted by molar-refractivity contribution is -0.120. The lowest BCUT2D eigenvalue weighted by atomic mass is 9.99. The summed E-state index contributed by atoms with van der Waals surface area (Å²) in [6.07, 6.45) is 9.58. The van der Waals surface area contributed by atoms with Crippen molar-refractivity contribution < 1.29 is 14.3 Å². The normalized spacial score (nSPS) is 14.0. The van der Waals surface area contributed by atoms with E-state index in [0.717, 1.165) is 79.7 Å². The molecule has 1 aliphatic rings. The van der Waals surface area contributed by atoms with Crippen molar-refractivity contribution in [2.45, 2.75) is 64.4 Å². The van der Waals surface area contributed by atoms with Crippen LogP contribution in [0.2, 0.25) is 0 Å². The van der Waals surface area contributed by atoms with Crippen LogP contribution in [0, 0.1) is 5.92 Å². The minimum Gasteiger partial charge on any atom is -0.377 e. The first-order chi connectivity index (χ1) is 20.2.